The molecule has 12 rings (SSSR count). The minimum atomic E-state index is 0.584. The highest BCUT2D eigenvalue weighted by Crippen LogP contribution is 2.44. The minimum Gasteiger partial charge on any atom is -0.454 e. The molecule has 0 fully saturated rings. The average Bonchev–Trinajstić information content (AvgIpc) is 3.95. The molecule has 0 amide bonds. The number of rotatable bonds is 5. The SMILES string of the molecule is c1ccc(-c2cccc(-c3nc(-c4ccccc4)nc(-c4ccc(-n5c6ccccc6c6cc7sc8ccccc8c7cc65)c5oc6ccccc6c45)n3)c2)cc1. The van der Waals surface area contributed by atoms with E-state index in [0.717, 1.165) is 66.5 Å². The van der Waals surface area contributed by atoms with Crippen molar-refractivity contribution in [2.75, 3.05) is 0 Å². The summed E-state index contributed by atoms with van der Waals surface area (Å²) >= 11 is 1.85. The minimum absolute atomic E-state index is 0.584. The molecule has 6 heteroatoms. The summed E-state index contributed by atoms with van der Waals surface area (Å²) in [6, 6.07) is 63.6. The van der Waals surface area contributed by atoms with E-state index in [2.05, 4.69) is 138 Å². The lowest BCUT2D eigenvalue weighted by molar-refractivity contribution is 0.666. The number of furan rings is 1. The van der Waals surface area contributed by atoms with Crippen LogP contribution in [0.15, 0.2) is 186 Å². The van der Waals surface area contributed by atoms with Gasteiger partial charge >= 0.3 is 0 Å². The normalized spacial score (nSPS) is 11.9. The summed E-state index contributed by atoms with van der Waals surface area (Å²) in [5.74, 6) is 1.80. The maximum atomic E-state index is 6.91. The Kier molecular flexibility index (Phi) is 7.03. The molecule has 266 valence electrons. The van der Waals surface area contributed by atoms with Gasteiger partial charge in [0, 0.05) is 58.4 Å². The number of fused-ring (bicyclic) bond motifs is 9. The lowest BCUT2D eigenvalue weighted by atomic mass is 10.0. The zero-order chi connectivity index (χ0) is 37.5. The monoisotopic (exact) mass is 746 g/mol. The van der Waals surface area contributed by atoms with E-state index in [1.54, 1.807) is 0 Å². The Morgan fingerprint density at radius 2 is 1.05 bits per heavy atom. The van der Waals surface area contributed by atoms with Gasteiger partial charge in [-0.15, -0.1) is 11.3 Å². The van der Waals surface area contributed by atoms with Gasteiger partial charge in [0.2, 0.25) is 0 Å². The molecule has 0 spiro atoms. The van der Waals surface area contributed by atoms with Crippen LogP contribution >= 0.6 is 11.3 Å². The summed E-state index contributed by atoms with van der Waals surface area (Å²) < 4.78 is 11.9. The number of thiophene rings is 1. The molecule has 0 radical (unpaired) electrons. The summed E-state index contributed by atoms with van der Waals surface area (Å²) in [6.07, 6.45) is 0. The van der Waals surface area contributed by atoms with E-state index in [1.165, 1.54) is 30.9 Å². The van der Waals surface area contributed by atoms with Crippen molar-refractivity contribution >= 4 is 75.3 Å². The van der Waals surface area contributed by atoms with Crippen molar-refractivity contribution in [3.05, 3.63) is 182 Å². The molecule has 57 heavy (non-hydrogen) atoms. The quantitative estimate of drug-likeness (QED) is 0.176. The molecule has 0 bridgehead atoms. The molecule has 0 unspecified atom stereocenters. The third-order valence-electron chi connectivity index (χ3n) is 11.1. The predicted molar refractivity (Wildman–Crippen MR) is 236 cm³/mol. The smallest absolute Gasteiger partial charge is 0.164 e. The molecule has 0 saturated heterocycles. The van der Waals surface area contributed by atoms with Crippen molar-refractivity contribution in [1.82, 2.24) is 19.5 Å². The second-order valence-corrected chi connectivity index (χ2v) is 15.5. The van der Waals surface area contributed by atoms with Crippen LogP contribution in [0, 0.1) is 0 Å². The van der Waals surface area contributed by atoms with E-state index in [9.17, 15) is 0 Å². The number of hydrogen-bond donors (Lipinski definition) is 0. The predicted octanol–water partition coefficient (Wildman–Crippen LogP) is 13.9. The van der Waals surface area contributed by atoms with Crippen molar-refractivity contribution in [3.8, 4) is 51.0 Å². The van der Waals surface area contributed by atoms with Crippen LogP contribution in [0.3, 0.4) is 0 Å². The van der Waals surface area contributed by atoms with Crippen molar-refractivity contribution in [2.45, 2.75) is 0 Å². The Balaban J connectivity index is 1.13. The molecule has 5 nitrogen and oxygen atoms in total. The highest BCUT2D eigenvalue weighted by Gasteiger charge is 2.23. The molecule has 12 aromatic rings. The number of para-hydroxylation sites is 2. The highest BCUT2D eigenvalue weighted by atomic mass is 32.1. The van der Waals surface area contributed by atoms with Crippen LogP contribution in [-0.2, 0) is 0 Å². The molecule has 0 aliphatic carbocycles. The van der Waals surface area contributed by atoms with E-state index in [0.29, 0.717) is 17.5 Å². The summed E-state index contributed by atoms with van der Waals surface area (Å²) in [7, 11) is 0. The van der Waals surface area contributed by atoms with Crippen LogP contribution in [-0.4, -0.2) is 19.5 Å². The zero-order valence-corrected chi connectivity index (χ0v) is 31.2. The van der Waals surface area contributed by atoms with Gasteiger partial charge in [-0.1, -0.05) is 133 Å². The standard InChI is InChI=1S/C51H30N4OS/c1-3-14-31(15-4-1)33-18-13-19-34(28-33)50-52-49(32-16-5-2-6-17-32)53-51(54-50)38-26-27-42(48-47(38)37-22-8-11-24-44(37)56-48)55-41-23-10-7-20-35(41)39-30-46-40(29-43(39)55)36-21-9-12-25-45(36)57-46/h1-30H. The lowest BCUT2D eigenvalue weighted by Crippen LogP contribution is -2.01. The Morgan fingerprint density at radius 1 is 0.404 bits per heavy atom. The Morgan fingerprint density at radius 3 is 1.89 bits per heavy atom. The lowest BCUT2D eigenvalue weighted by Gasteiger charge is -2.13. The largest absolute Gasteiger partial charge is 0.454 e. The maximum absolute atomic E-state index is 6.91. The first-order chi connectivity index (χ1) is 28.2. The van der Waals surface area contributed by atoms with Gasteiger partial charge in [-0.2, -0.15) is 0 Å². The van der Waals surface area contributed by atoms with Gasteiger partial charge in [0.05, 0.1) is 16.7 Å². The van der Waals surface area contributed by atoms with Gasteiger partial charge in [0.15, 0.2) is 23.1 Å². The molecule has 0 aliphatic rings. The fourth-order valence-electron chi connectivity index (χ4n) is 8.43. The Hall–Kier alpha value is -7.41. The maximum Gasteiger partial charge on any atom is 0.164 e. The second kappa shape index (κ2) is 12.6. The van der Waals surface area contributed by atoms with Gasteiger partial charge in [-0.3, -0.25) is 0 Å². The van der Waals surface area contributed by atoms with Crippen molar-refractivity contribution < 1.29 is 4.42 Å². The average molecular weight is 747 g/mol. The fraction of sp³-hybridized carbons (Fsp3) is 0. The molecule has 0 N–H and O–H groups in total. The third kappa shape index (κ3) is 5.04. The van der Waals surface area contributed by atoms with Gasteiger partial charge in [0.1, 0.15) is 5.58 Å². The number of benzene rings is 8. The Labute approximate surface area is 330 Å². The van der Waals surface area contributed by atoms with Gasteiger partial charge in [0.25, 0.3) is 0 Å². The second-order valence-electron chi connectivity index (χ2n) is 14.4. The van der Waals surface area contributed by atoms with Crippen LogP contribution in [0.2, 0.25) is 0 Å². The van der Waals surface area contributed by atoms with E-state index >= 15 is 0 Å². The molecule has 4 aromatic heterocycles. The fourth-order valence-corrected chi connectivity index (χ4v) is 9.56. The van der Waals surface area contributed by atoms with Gasteiger partial charge in [-0.25, -0.2) is 15.0 Å². The van der Waals surface area contributed by atoms with Gasteiger partial charge in [-0.05, 0) is 59.7 Å². The zero-order valence-electron chi connectivity index (χ0n) is 30.4. The van der Waals surface area contributed by atoms with Crippen LogP contribution in [0.1, 0.15) is 0 Å². The molecule has 0 atom stereocenters. The topological polar surface area (TPSA) is 56.7 Å². The van der Waals surface area contributed by atoms with E-state index in [1.807, 2.05) is 59.9 Å². The number of aromatic nitrogens is 4. The van der Waals surface area contributed by atoms with Crippen molar-refractivity contribution in [1.29, 1.82) is 0 Å². The van der Waals surface area contributed by atoms with Crippen molar-refractivity contribution in [3.63, 3.8) is 0 Å². The number of hydrogen-bond acceptors (Lipinski definition) is 5. The molecular formula is C51H30N4OS. The summed E-state index contributed by atoms with van der Waals surface area (Å²) in [5.41, 5.74) is 9.75. The first-order valence-corrected chi connectivity index (χ1v) is 19.8. The van der Waals surface area contributed by atoms with Crippen LogP contribution in [0.4, 0.5) is 0 Å². The molecule has 4 heterocycles. The molecule has 0 saturated carbocycles. The van der Waals surface area contributed by atoms with E-state index in [-0.39, 0.29) is 0 Å². The summed E-state index contributed by atoms with van der Waals surface area (Å²) in [4.78, 5) is 15.5. The van der Waals surface area contributed by atoms with E-state index < -0.39 is 0 Å². The summed E-state index contributed by atoms with van der Waals surface area (Å²) in [5, 5.41) is 6.91. The van der Waals surface area contributed by atoms with Gasteiger partial charge < -0.3 is 8.98 Å². The van der Waals surface area contributed by atoms with Crippen molar-refractivity contribution in [2.24, 2.45) is 0 Å². The first-order valence-electron chi connectivity index (χ1n) is 19.0. The third-order valence-corrected chi connectivity index (χ3v) is 12.2. The van der Waals surface area contributed by atoms with Crippen LogP contribution in [0.25, 0.3) is 115 Å². The number of nitrogens with zero attached hydrogens (tertiary/aromatic N) is 4. The Bertz CT molecular complexity index is 3530. The van der Waals surface area contributed by atoms with Crippen LogP contribution < -0.4 is 0 Å². The molecular weight excluding hydrogens is 717 g/mol. The molecule has 8 aromatic carbocycles. The molecule has 0 aliphatic heterocycles. The first kappa shape index (κ1) is 31.9. The highest BCUT2D eigenvalue weighted by molar-refractivity contribution is 7.25. The van der Waals surface area contributed by atoms with E-state index in [4.69, 9.17) is 19.4 Å². The van der Waals surface area contributed by atoms with Crippen LogP contribution in [0.5, 0.6) is 0 Å². The summed E-state index contributed by atoms with van der Waals surface area (Å²) in [6.45, 7) is 0.